The normalized spacial score (nSPS) is 13.9. The van der Waals surface area contributed by atoms with E-state index in [1.807, 2.05) is 25.1 Å². The molecule has 0 N–H and O–H groups in total. The minimum absolute atomic E-state index is 0.743. The number of nitrogens with zero attached hydrogens (tertiary/aromatic N) is 3. The zero-order valence-electron chi connectivity index (χ0n) is 16.2. The van der Waals surface area contributed by atoms with Gasteiger partial charge >= 0.3 is 0 Å². The van der Waals surface area contributed by atoms with Crippen molar-refractivity contribution in [2.75, 3.05) is 0 Å². The van der Waals surface area contributed by atoms with Crippen LogP contribution < -0.4 is 0 Å². The Balaban J connectivity index is 1.79. The average molecular weight is 365 g/mol. The SMILES string of the molecule is Cc1cccc(-c2nc3c(c(-c4cccc5ccccc45)n2)CCCCC3)n1. The van der Waals surface area contributed by atoms with Crippen molar-refractivity contribution in [2.24, 2.45) is 0 Å². The van der Waals surface area contributed by atoms with Gasteiger partial charge in [0.05, 0.1) is 5.69 Å². The van der Waals surface area contributed by atoms with Crippen molar-refractivity contribution >= 4 is 10.8 Å². The van der Waals surface area contributed by atoms with Gasteiger partial charge in [-0.1, -0.05) is 55.0 Å². The van der Waals surface area contributed by atoms with Gasteiger partial charge in [-0.3, -0.25) is 0 Å². The fourth-order valence-electron chi connectivity index (χ4n) is 4.21. The third-order valence-corrected chi connectivity index (χ3v) is 5.60. The first kappa shape index (κ1) is 17.1. The summed E-state index contributed by atoms with van der Waals surface area (Å²) in [6, 6.07) is 21.1. The molecule has 1 aliphatic rings. The van der Waals surface area contributed by atoms with E-state index in [0.717, 1.165) is 35.7 Å². The molecule has 0 amide bonds. The fraction of sp³-hybridized carbons (Fsp3) is 0.240. The molecule has 0 atom stereocenters. The van der Waals surface area contributed by atoms with Gasteiger partial charge in [-0.2, -0.15) is 0 Å². The monoisotopic (exact) mass is 365 g/mol. The summed E-state index contributed by atoms with van der Waals surface area (Å²) in [7, 11) is 0. The van der Waals surface area contributed by atoms with E-state index in [1.54, 1.807) is 0 Å². The summed E-state index contributed by atoms with van der Waals surface area (Å²) in [4.78, 5) is 14.8. The first-order chi connectivity index (χ1) is 13.8. The summed E-state index contributed by atoms with van der Waals surface area (Å²) < 4.78 is 0. The molecule has 5 rings (SSSR count). The third kappa shape index (κ3) is 3.07. The van der Waals surface area contributed by atoms with Crippen LogP contribution in [0.5, 0.6) is 0 Å². The van der Waals surface area contributed by atoms with Crippen molar-refractivity contribution < 1.29 is 0 Å². The fourth-order valence-corrected chi connectivity index (χ4v) is 4.21. The Morgan fingerprint density at radius 3 is 2.46 bits per heavy atom. The lowest BCUT2D eigenvalue weighted by Gasteiger charge is -2.15. The number of aromatic nitrogens is 3. The summed E-state index contributed by atoms with van der Waals surface area (Å²) in [5.41, 5.74) is 6.66. The van der Waals surface area contributed by atoms with E-state index in [1.165, 1.54) is 46.9 Å². The third-order valence-electron chi connectivity index (χ3n) is 5.60. The first-order valence-electron chi connectivity index (χ1n) is 10.1. The van der Waals surface area contributed by atoms with Crippen molar-refractivity contribution in [2.45, 2.75) is 39.0 Å². The molecule has 0 radical (unpaired) electrons. The Kier molecular flexibility index (Phi) is 4.36. The number of hydrogen-bond donors (Lipinski definition) is 0. The van der Waals surface area contributed by atoms with E-state index in [0.29, 0.717) is 0 Å². The smallest absolute Gasteiger partial charge is 0.178 e. The highest BCUT2D eigenvalue weighted by Gasteiger charge is 2.20. The van der Waals surface area contributed by atoms with Gasteiger partial charge in [0.2, 0.25) is 0 Å². The maximum atomic E-state index is 5.09. The van der Waals surface area contributed by atoms with Gasteiger partial charge in [-0.25, -0.2) is 15.0 Å². The van der Waals surface area contributed by atoms with E-state index in [4.69, 9.17) is 9.97 Å². The molecule has 0 aliphatic heterocycles. The largest absolute Gasteiger partial charge is 0.250 e. The zero-order valence-corrected chi connectivity index (χ0v) is 16.2. The van der Waals surface area contributed by atoms with Crippen LogP contribution >= 0.6 is 0 Å². The van der Waals surface area contributed by atoms with Gasteiger partial charge in [0.15, 0.2) is 5.82 Å². The molecule has 1 aliphatic carbocycles. The van der Waals surface area contributed by atoms with Crippen LogP contribution in [0.25, 0.3) is 33.5 Å². The summed E-state index contributed by atoms with van der Waals surface area (Å²) in [6.45, 7) is 2.01. The molecule has 2 aromatic heterocycles. The molecule has 0 unspecified atom stereocenters. The van der Waals surface area contributed by atoms with Crippen LogP contribution in [0.4, 0.5) is 0 Å². The summed E-state index contributed by atoms with van der Waals surface area (Å²) in [6.07, 6.45) is 5.73. The highest BCUT2D eigenvalue weighted by molar-refractivity contribution is 5.96. The quantitative estimate of drug-likeness (QED) is 0.413. The van der Waals surface area contributed by atoms with Gasteiger partial charge in [0.1, 0.15) is 5.69 Å². The maximum Gasteiger partial charge on any atom is 0.178 e. The summed E-state index contributed by atoms with van der Waals surface area (Å²) in [5, 5.41) is 2.49. The number of benzene rings is 2. The Hall–Kier alpha value is -3.07. The van der Waals surface area contributed by atoms with E-state index >= 15 is 0 Å². The van der Waals surface area contributed by atoms with Crippen LogP contribution in [0.3, 0.4) is 0 Å². The molecule has 138 valence electrons. The average Bonchev–Trinajstić information content (AvgIpc) is 2.98. The van der Waals surface area contributed by atoms with Gasteiger partial charge in [0.25, 0.3) is 0 Å². The lowest BCUT2D eigenvalue weighted by Crippen LogP contribution is -2.05. The predicted molar refractivity (Wildman–Crippen MR) is 114 cm³/mol. The van der Waals surface area contributed by atoms with E-state index in [2.05, 4.69) is 47.4 Å². The van der Waals surface area contributed by atoms with Gasteiger partial charge < -0.3 is 0 Å². The van der Waals surface area contributed by atoms with Gasteiger partial charge in [0, 0.05) is 22.5 Å². The highest BCUT2D eigenvalue weighted by Crippen LogP contribution is 2.34. The molecule has 0 spiro atoms. The number of pyridine rings is 1. The molecule has 4 aromatic rings. The second-order valence-electron chi connectivity index (χ2n) is 7.57. The standard InChI is InChI=1S/C25H23N3/c1-17-9-7-16-23(26-17)25-27-22-15-4-2-3-13-21(22)24(28-25)20-14-8-11-18-10-5-6-12-19(18)20/h5-12,14,16H,2-4,13,15H2,1H3. The van der Waals surface area contributed by atoms with Crippen LogP contribution in [-0.2, 0) is 12.8 Å². The van der Waals surface area contributed by atoms with Crippen LogP contribution in [0.15, 0.2) is 60.7 Å². The minimum Gasteiger partial charge on any atom is -0.250 e. The molecule has 2 aromatic carbocycles. The maximum absolute atomic E-state index is 5.09. The topological polar surface area (TPSA) is 38.7 Å². The molecular formula is C25H23N3. The molecule has 3 heteroatoms. The highest BCUT2D eigenvalue weighted by atomic mass is 14.9. The zero-order chi connectivity index (χ0) is 18.9. The second-order valence-corrected chi connectivity index (χ2v) is 7.57. The summed E-state index contributed by atoms with van der Waals surface area (Å²) in [5.74, 6) is 0.743. The molecule has 0 saturated carbocycles. The Bertz CT molecular complexity index is 1160. The van der Waals surface area contributed by atoms with E-state index in [-0.39, 0.29) is 0 Å². The van der Waals surface area contributed by atoms with E-state index in [9.17, 15) is 0 Å². The predicted octanol–water partition coefficient (Wildman–Crippen LogP) is 5.94. The molecule has 0 bridgehead atoms. The number of aryl methyl sites for hydroxylation is 2. The molecule has 0 fully saturated rings. The second kappa shape index (κ2) is 7.16. The molecule has 28 heavy (non-hydrogen) atoms. The van der Waals surface area contributed by atoms with Crippen molar-refractivity contribution in [1.82, 2.24) is 15.0 Å². The lowest BCUT2D eigenvalue weighted by molar-refractivity contribution is 0.709. The van der Waals surface area contributed by atoms with Gasteiger partial charge in [-0.15, -0.1) is 0 Å². The van der Waals surface area contributed by atoms with Crippen LogP contribution in [0.1, 0.15) is 36.2 Å². The molecule has 3 nitrogen and oxygen atoms in total. The van der Waals surface area contributed by atoms with E-state index < -0.39 is 0 Å². The van der Waals surface area contributed by atoms with Crippen molar-refractivity contribution in [1.29, 1.82) is 0 Å². The van der Waals surface area contributed by atoms with Crippen LogP contribution in [0, 0.1) is 6.92 Å². The Morgan fingerprint density at radius 1 is 0.714 bits per heavy atom. The number of hydrogen-bond acceptors (Lipinski definition) is 3. The molecular weight excluding hydrogens is 342 g/mol. The molecule has 2 heterocycles. The van der Waals surface area contributed by atoms with Gasteiger partial charge in [-0.05, 0) is 55.5 Å². The Morgan fingerprint density at radius 2 is 1.54 bits per heavy atom. The van der Waals surface area contributed by atoms with Crippen molar-refractivity contribution in [3.05, 3.63) is 77.6 Å². The summed E-state index contributed by atoms with van der Waals surface area (Å²) >= 11 is 0. The Labute approximate surface area is 165 Å². The first-order valence-corrected chi connectivity index (χ1v) is 10.1. The minimum atomic E-state index is 0.743. The van der Waals surface area contributed by atoms with Crippen LogP contribution in [0.2, 0.25) is 0 Å². The number of rotatable bonds is 2. The van der Waals surface area contributed by atoms with Crippen LogP contribution in [-0.4, -0.2) is 15.0 Å². The number of fused-ring (bicyclic) bond motifs is 2. The van der Waals surface area contributed by atoms with Crippen molar-refractivity contribution in [3.8, 4) is 22.8 Å². The van der Waals surface area contributed by atoms with Crippen molar-refractivity contribution in [3.63, 3.8) is 0 Å². The molecule has 0 saturated heterocycles. The lowest BCUT2D eigenvalue weighted by atomic mass is 9.96.